The molecule has 0 amide bonds. The molecule has 110 valence electrons. The predicted molar refractivity (Wildman–Crippen MR) is 70.4 cm³/mol. The van der Waals surface area contributed by atoms with E-state index in [0.29, 0.717) is 19.5 Å². The summed E-state index contributed by atoms with van der Waals surface area (Å²) in [5, 5.41) is 10.8. The number of hydrogen-bond donors (Lipinski definition) is 1. The second-order valence-electron chi connectivity index (χ2n) is 5.50. The smallest absolute Gasteiger partial charge is 0.314 e. The predicted octanol–water partition coefficient (Wildman–Crippen LogP) is 3.91. The fraction of sp³-hybridized carbons (Fsp3) is 0.467. The Balaban J connectivity index is 2.13. The molecule has 1 atom stereocenters. The van der Waals surface area contributed by atoms with Gasteiger partial charge in [0.1, 0.15) is 0 Å². The highest BCUT2D eigenvalue weighted by Gasteiger charge is 2.37. The number of nitrogens with zero attached hydrogens (tertiary/aromatic N) is 1. The molecule has 1 fully saturated rings. The molecule has 1 N–H and O–H groups in total. The largest absolute Gasteiger partial charge is 0.416 e. The molecule has 0 aliphatic carbocycles. The molecule has 2 nitrogen and oxygen atoms in total. The van der Waals surface area contributed by atoms with Crippen molar-refractivity contribution in [3.8, 4) is 0 Å². The van der Waals surface area contributed by atoms with Gasteiger partial charge in [-0.25, -0.2) is 0 Å². The van der Waals surface area contributed by atoms with Crippen molar-refractivity contribution >= 4 is 0 Å². The van der Waals surface area contributed by atoms with Crippen LogP contribution in [0.4, 0.5) is 13.2 Å². The third-order valence-electron chi connectivity index (χ3n) is 3.86. The first kappa shape index (κ1) is 15.1. The van der Waals surface area contributed by atoms with Gasteiger partial charge in [0, 0.05) is 13.1 Å². The fourth-order valence-electron chi connectivity index (χ4n) is 2.85. The number of halogens is 3. The number of benzene rings is 1. The zero-order valence-corrected chi connectivity index (χ0v) is 11.2. The lowest BCUT2D eigenvalue weighted by molar-refractivity contribution is -0.137. The normalized spacial score (nSPS) is 24.0. The summed E-state index contributed by atoms with van der Waals surface area (Å²) in [7, 11) is 0. The number of hydroxylamine groups is 2. The van der Waals surface area contributed by atoms with Gasteiger partial charge in [0.25, 0.3) is 0 Å². The van der Waals surface area contributed by atoms with Crippen LogP contribution in [0.15, 0.2) is 36.9 Å². The molecule has 0 bridgehead atoms. The van der Waals surface area contributed by atoms with Gasteiger partial charge in [0.2, 0.25) is 0 Å². The summed E-state index contributed by atoms with van der Waals surface area (Å²) in [5.41, 5.74) is 0.0976. The topological polar surface area (TPSA) is 23.5 Å². The molecule has 1 aromatic carbocycles. The molecule has 20 heavy (non-hydrogen) atoms. The lowest BCUT2D eigenvalue weighted by atomic mass is 9.78. The van der Waals surface area contributed by atoms with E-state index in [1.54, 1.807) is 0 Å². The summed E-state index contributed by atoms with van der Waals surface area (Å²) >= 11 is 0. The second-order valence-corrected chi connectivity index (χ2v) is 5.50. The van der Waals surface area contributed by atoms with E-state index < -0.39 is 11.7 Å². The van der Waals surface area contributed by atoms with Crippen molar-refractivity contribution < 1.29 is 18.4 Å². The zero-order chi connectivity index (χ0) is 14.8. The van der Waals surface area contributed by atoms with Gasteiger partial charge >= 0.3 is 6.18 Å². The van der Waals surface area contributed by atoms with E-state index in [1.165, 1.54) is 17.2 Å². The Morgan fingerprint density at radius 1 is 1.30 bits per heavy atom. The van der Waals surface area contributed by atoms with Gasteiger partial charge in [0.05, 0.1) is 5.56 Å². The summed E-state index contributed by atoms with van der Waals surface area (Å²) in [6.07, 6.45) is -0.286. The quantitative estimate of drug-likeness (QED) is 0.848. The number of allylic oxidation sites excluding steroid dienone is 1. The van der Waals surface area contributed by atoms with Crippen molar-refractivity contribution in [2.45, 2.75) is 25.4 Å². The summed E-state index contributed by atoms with van der Waals surface area (Å²) in [4.78, 5) is 0. The summed E-state index contributed by atoms with van der Waals surface area (Å²) in [6.45, 7) is 4.85. The maximum Gasteiger partial charge on any atom is 0.416 e. The Labute approximate surface area is 116 Å². The van der Waals surface area contributed by atoms with Gasteiger partial charge in [-0.15, -0.1) is 6.58 Å². The Kier molecular flexibility index (Phi) is 4.20. The Bertz CT molecular complexity index is 469. The first-order valence-corrected chi connectivity index (χ1v) is 6.56. The Morgan fingerprint density at radius 2 is 1.95 bits per heavy atom. The summed E-state index contributed by atoms with van der Waals surface area (Å²) in [5.74, 6) is 0. The maximum absolute atomic E-state index is 12.5. The minimum absolute atomic E-state index is 0.129. The fourth-order valence-corrected chi connectivity index (χ4v) is 2.85. The van der Waals surface area contributed by atoms with Crippen LogP contribution in [0.2, 0.25) is 0 Å². The van der Waals surface area contributed by atoms with Crippen molar-refractivity contribution in [3.63, 3.8) is 0 Å². The first-order valence-electron chi connectivity index (χ1n) is 6.56. The molecule has 5 heteroatoms. The Hall–Kier alpha value is -1.33. The highest BCUT2D eigenvalue weighted by Crippen LogP contribution is 2.37. The minimum Gasteiger partial charge on any atom is -0.314 e. The van der Waals surface area contributed by atoms with E-state index in [9.17, 15) is 18.4 Å². The van der Waals surface area contributed by atoms with Gasteiger partial charge in [0.15, 0.2) is 0 Å². The van der Waals surface area contributed by atoms with Crippen molar-refractivity contribution in [3.05, 3.63) is 48.0 Å². The molecule has 1 unspecified atom stereocenters. The van der Waals surface area contributed by atoms with Gasteiger partial charge in [-0.2, -0.15) is 18.2 Å². The van der Waals surface area contributed by atoms with Gasteiger partial charge in [-0.3, -0.25) is 0 Å². The standard InChI is InChI=1S/C15H18F3NO/c1-2-7-14(8-9-19(20)11-14)10-12-3-5-13(6-4-12)15(16,17)18/h2-6,20H,1,7-11H2. The van der Waals surface area contributed by atoms with E-state index in [4.69, 9.17) is 0 Å². The van der Waals surface area contributed by atoms with Crippen molar-refractivity contribution in [2.75, 3.05) is 13.1 Å². The molecular weight excluding hydrogens is 267 g/mol. The van der Waals surface area contributed by atoms with Crippen LogP contribution in [0.5, 0.6) is 0 Å². The molecule has 0 radical (unpaired) electrons. The lowest BCUT2D eigenvalue weighted by Crippen LogP contribution is -2.27. The van der Waals surface area contributed by atoms with Crippen molar-refractivity contribution in [1.82, 2.24) is 5.06 Å². The van der Waals surface area contributed by atoms with Crippen LogP contribution >= 0.6 is 0 Å². The van der Waals surface area contributed by atoms with Crippen LogP contribution in [0.25, 0.3) is 0 Å². The lowest BCUT2D eigenvalue weighted by Gasteiger charge is -2.27. The third kappa shape index (κ3) is 3.41. The van der Waals surface area contributed by atoms with Crippen molar-refractivity contribution in [2.24, 2.45) is 5.41 Å². The van der Waals surface area contributed by atoms with Crippen LogP contribution in [0, 0.1) is 5.41 Å². The second kappa shape index (κ2) is 5.58. The highest BCUT2D eigenvalue weighted by atomic mass is 19.4. The SMILES string of the molecule is C=CCC1(Cc2ccc(C(F)(F)F)cc2)CCN(O)C1. The molecule has 1 aliphatic heterocycles. The summed E-state index contributed by atoms with van der Waals surface area (Å²) in [6, 6.07) is 5.27. The van der Waals surface area contributed by atoms with Crippen LogP contribution in [-0.4, -0.2) is 23.4 Å². The molecule has 1 aliphatic rings. The van der Waals surface area contributed by atoms with E-state index in [-0.39, 0.29) is 5.41 Å². The molecule has 1 aromatic rings. The number of rotatable bonds is 4. The number of alkyl halides is 3. The van der Waals surface area contributed by atoms with Crippen LogP contribution in [0.1, 0.15) is 24.0 Å². The van der Waals surface area contributed by atoms with E-state index in [2.05, 4.69) is 6.58 Å². The molecular formula is C15H18F3NO. The third-order valence-corrected chi connectivity index (χ3v) is 3.86. The van der Waals surface area contributed by atoms with E-state index in [0.717, 1.165) is 30.5 Å². The molecule has 0 saturated carbocycles. The summed E-state index contributed by atoms with van der Waals surface area (Å²) < 4.78 is 37.6. The molecule has 0 spiro atoms. The van der Waals surface area contributed by atoms with Crippen LogP contribution in [0.3, 0.4) is 0 Å². The van der Waals surface area contributed by atoms with Crippen LogP contribution < -0.4 is 0 Å². The van der Waals surface area contributed by atoms with Gasteiger partial charge in [-0.05, 0) is 42.4 Å². The zero-order valence-electron chi connectivity index (χ0n) is 11.2. The first-order chi connectivity index (χ1) is 9.35. The Morgan fingerprint density at radius 3 is 2.40 bits per heavy atom. The highest BCUT2D eigenvalue weighted by molar-refractivity contribution is 5.26. The molecule has 1 heterocycles. The molecule has 1 saturated heterocycles. The average Bonchev–Trinajstić information content (AvgIpc) is 2.70. The minimum atomic E-state index is -4.30. The van der Waals surface area contributed by atoms with Gasteiger partial charge in [-0.1, -0.05) is 18.2 Å². The van der Waals surface area contributed by atoms with Crippen LogP contribution in [-0.2, 0) is 12.6 Å². The average molecular weight is 285 g/mol. The number of hydrogen-bond acceptors (Lipinski definition) is 2. The van der Waals surface area contributed by atoms with Crippen molar-refractivity contribution in [1.29, 1.82) is 0 Å². The maximum atomic E-state index is 12.5. The molecule has 0 aromatic heterocycles. The van der Waals surface area contributed by atoms with E-state index >= 15 is 0 Å². The van der Waals surface area contributed by atoms with Gasteiger partial charge < -0.3 is 5.21 Å². The van der Waals surface area contributed by atoms with E-state index in [1.807, 2.05) is 6.08 Å². The monoisotopic (exact) mass is 285 g/mol. The molecule has 2 rings (SSSR count).